The van der Waals surface area contributed by atoms with E-state index in [0.29, 0.717) is 19.0 Å². The fraction of sp³-hybridized carbons (Fsp3) is 0.333. The van der Waals surface area contributed by atoms with Crippen LogP contribution in [0.4, 0.5) is 0 Å². The number of ether oxygens (including phenoxy) is 2. The van der Waals surface area contributed by atoms with Crippen molar-refractivity contribution >= 4 is 0 Å². The smallest absolute Gasteiger partial charge is 0.176 e. The monoisotopic (exact) mass is 233 g/mol. The summed E-state index contributed by atoms with van der Waals surface area (Å²) in [7, 11) is 3.29. The highest BCUT2D eigenvalue weighted by molar-refractivity contribution is 5.27. The van der Waals surface area contributed by atoms with Gasteiger partial charge in [-0.1, -0.05) is 12.1 Å². The summed E-state index contributed by atoms with van der Waals surface area (Å²) in [5, 5.41) is 4.29. The standard InChI is InChI=1S/C12H15N3O2/c1-16-8-12-13-9-15(14-12)7-10-3-5-11(17-2)6-4-10/h3-6,9H,7-8H2,1-2H3. The Kier molecular flexibility index (Phi) is 3.72. The van der Waals surface area contributed by atoms with E-state index in [1.54, 1.807) is 25.2 Å². The normalized spacial score (nSPS) is 10.5. The summed E-state index contributed by atoms with van der Waals surface area (Å²) < 4.78 is 11.9. The fourth-order valence-electron chi connectivity index (χ4n) is 1.52. The number of hydrogen-bond donors (Lipinski definition) is 0. The van der Waals surface area contributed by atoms with E-state index in [0.717, 1.165) is 11.3 Å². The molecular weight excluding hydrogens is 218 g/mol. The Morgan fingerprint density at radius 2 is 1.94 bits per heavy atom. The molecule has 1 aromatic heterocycles. The maximum absolute atomic E-state index is 5.10. The molecule has 1 aromatic carbocycles. The van der Waals surface area contributed by atoms with E-state index in [-0.39, 0.29) is 0 Å². The van der Waals surface area contributed by atoms with Gasteiger partial charge in [0.25, 0.3) is 0 Å². The highest BCUT2D eigenvalue weighted by atomic mass is 16.5. The van der Waals surface area contributed by atoms with Gasteiger partial charge in [-0.25, -0.2) is 9.67 Å². The lowest BCUT2D eigenvalue weighted by Crippen LogP contribution is -2.01. The fourth-order valence-corrected chi connectivity index (χ4v) is 1.52. The summed E-state index contributed by atoms with van der Waals surface area (Å²) in [4.78, 5) is 4.14. The molecule has 0 saturated heterocycles. The van der Waals surface area contributed by atoms with E-state index >= 15 is 0 Å². The minimum Gasteiger partial charge on any atom is -0.497 e. The van der Waals surface area contributed by atoms with Crippen LogP contribution in [-0.2, 0) is 17.9 Å². The zero-order chi connectivity index (χ0) is 12.1. The maximum atomic E-state index is 5.10. The first-order valence-electron chi connectivity index (χ1n) is 5.32. The third-order valence-electron chi connectivity index (χ3n) is 2.36. The van der Waals surface area contributed by atoms with Crippen LogP contribution in [0.2, 0.25) is 0 Å². The lowest BCUT2D eigenvalue weighted by molar-refractivity contribution is 0.177. The number of hydrogen-bond acceptors (Lipinski definition) is 4. The zero-order valence-corrected chi connectivity index (χ0v) is 9.96. The van der Waals surface area contributed by atoms with Gasteiger partial charge in [0.15, 0.2) is 5.82 Å². The highest BCUT2D eigenvalue weighted by Crippen LogP contribution is 2.11. The molecule has 1 heterocycles. The van der Waals surface area contributed by atoms with E-state index in [9.17, 15) is 0 Å². The van der Waals surface area contributed by atoms with Crippen molar-refractivity contribution in [2.45, 2.75) is 13.2 Å². The van der Waals surface area contributed by atoms with Crippen molar-refractivity contribution < 1.29 is 9.47 Å². The topological polar surface area (TPSA) is 49.2 Å². The molecule has 5 heteroatoms. The molecule has 2 aromatic rings. The minimum atomic E-state index is 0.440. The van der Waals surface area contributed by atoms with Crippen LogP contribution in [-0.4, -0.2) is 29.0 Å². The summed E-state index contributed by atoms with van der Waals surface area (Å²) in [6, 6.07) is 7.89. The van der Waals surface area contributed by atoms with Crippen molar-refractivity contribution in [3.05, 3.63) is 42.0 Å². The van der Waals surface area contributed by atoms with E-state index in [1.165, 1.54) is 0 Å². The summed E-state index contributed by atoms with van der Waals surface area (Å²) in [5.41, 5.74) is 1.15. The van der Waals surface area contributed by atoms with E-state index in [4.69, 9.17) is 9.47 Å². The molecule has 17 heavy (non-hydrogen) atoms. The van der Waals surface area contributed by atoms with Gasteiger partial charge in [-0.2, -0.15) is 5.10 Å². The molecule has 0 N–H and O–H groups in total. The summed E-state index contributed by atoms with van der Waals surface area (Å²) >= 11 is 0. The molecule has 0 radical (unpaired) electrons. The third kappa shape index (κ3) is 3.04. The Bertz CT molecular complexity index is 465. The molecule has 0 amide bonds. The largest absolute Gasteiger partial charge is 0.497 e. The number of benzene rings is 1. The van der Waals surface area contributed by atoms with Gasteiger partial charge in [0, 0.05) is 7.11 Å². The van der Waals surface area contributed by atoms with Gasteiger partial charge in [0.05, 0.1) is 13.7 Å². The van der Waals surface area contributed by atoms with Crippen LogP contribution in [0.15, 0.2) is 30.6 Å². The molecule has 0 spiro atoms. The average molecular weight is 233 g/mol. The van der Waals surface area contributed by atoms with Gasteiger partial charge >= 0.3 is 0 Å². The second-order valence-corrected chi connectivity index (χ2v) is 3.64. The number of aromatic nitrogens is 3. The molecule has 5 nitrogen and oxygen atoms in total. The first-order valence-corrected chi connectivity index (χ1v) is 5.32. The molecule has 0 saturated carbocycles. The zero-order valence-electron chi connectivity index (χ0n) is 9.96. The summed E-state index contributed by atoms with van der Waals surface area (Å²) in [6.07, 6.45) is 1.71. The van der Waals surface area contributed by atoms with Crippen LogP contribution in [0.5, 0.6) is 5.75 Å². The second kappa shape index (κ2) is 5.45. The molecule has 0 atom stereocenters. The molecule has 0 unspecified atom stereocenters. The van der Waals surface area contributed by atoms with E-state index in [1.807, 2.05) is 24.3 Å². The van der Waals surface area contributed by atoms with Crippen LogP contribution in [0.3, 0.4) is 0 Å². The number of rotatable bonds is 5. The molecule has 0 aliphatic rings. The molecule has 90 valence electrons. The van der Waals surface area contributed by atoms with Crippen LogP contribution >= 0.6 is 0 Å². The van der Waals surface area contributed by atoms with Crippen molar-refractivity contribution in [3.8, 4) is 5.75 Å². The van der Waals surface area contributed by atoms with Crippen LogP contribution in [0.25, 0.3) is 0 Å². The first-order chi connectivity index (χ1) is 8.31. The number of methoxy groups -OCH3 is 2. The summed E-state index contributed by atoms with van der Waals surface area (Å²) in [5.74, 6) is 1.55. The van der Waals surface area contributed by atoms with Crippen molar-refractivity contribution in [2.75, 3.05) is 14.2 Å². The SMILES string of the molecule is COCc1ncn(Cc2ccc(OC)cc2)n1. The Hall–Kier alpha value is -1.88. The van der Waals surface area contributed by atoms with Crippen molar-refractivity contribution in [1.82, 2.24) is 14.8 Å². The first kappa shape index (κ1) is 11.6. The molecule has 0 bridgehead atoms. The van der Waals surface area contributed by atoms with Gasteiger partial charge in [-0.05, 0) is 17.7 Å². The lowest BCUT2D eigenvalue weighted by Gasteiger charge is -2.03. The van der Waals surface area contributed by atoms with Crippen molar-refractivity contribution in [3.63, 3.8) is 0 Å². The lowest BCUT2D eigenvalue weighted by atomic mass is 10.2. The van der Waals surface area contributed by atoms with Gasteiger partial charge in [0.1, 0.15) is 18.7 Å². The van der Waals surface area contributed by atoms with Crippen molar-refractivity contribution in [1.29, 1.82) is 0 Å². The van der Waals surface area contributed by atoms with Crippen molar-refractivity contribution in [2.24, 2.45) is 0 Å². The summed E-state index contributed by atoms with van der Waals surface area (Å²) in [6.45, 7) is 1.14. The molecule has 0 aliphatic heterocycles. The third-order valence-corrected chi connectivity index (χ3v) is 2.36. The quantitative estimate of drug-likeness (QED) is 0.785. The van der Waals surface area contributed by atoms with E-state index in [2.05, 4.69) is 10.1 Å². The molecular formula is C12H15N3O2. The Labute approximate surface area is 100 Å². The van der Waals surface area contributed by atoms with Gasteiger partial charge in [-0.15, -0.1) is 0 Å². The second-order valence-electron chi connectivity index (χ2n) is 3.64. The highest BCUT2D eigenvalue weighted by Gasteiger charge is 2.01. The molecule has 2 rings (SSSR count). The Morgan fingerprint density at radius 3 is 2.59 bits per heavy atom. The maximum Gasteiger partial charge on any atom is 0.176 e. The predicted octanol–water partition coefficient (Wildman–Crippen LogP) is 1.48. The molecule has 0 aliphatic carbocycles. The Balaban J connectivity index is 2.03. The van der Waals surface area contributed by atoms with Gasteiger partial charge in [0.2, 0.25) is 0 Å². The van der Waals surface area contributed by atoms with Crippen LogP contribution in [0, 0.1) is 0 Å². The van der Waals surface area contributed by atoms with Crippen LogP contribution in [0.1, 0.15) is 11.4 Å². The average Bonchev–Trinajstić information content (AvgIpc) is 2.78. The molecule has 0 fully saturated rings. The van der Waals surface area contributed by atoms with Gasteiger partial charge < -0.3 is 9.47 Å². The van der Waals surface area contributed by atoms with Crippen LogP contribution < -0.4 is 4.74 Å². The number of nitrogens with zero attached hydrogens (tertiary/aromatic N) is 3. The predicted molar refractivity (Wildman–Crippen MR) is 62.8 cm³/mol. The Morgan fingerprint density at radius 1 is 1.18 bits per heavy atom. The van der Waals surface area contributed by atoms with Gasteiger partial charge in [-0.3, -0.25) is 0 Å². The minimum absolute atomic E-state index is 0.440. The van der Waals surface area contributed by atoms with E-state index < -0.39 is 0 Å².